The van der Waals surface area contributed by atoms with Gasteiger partial charge in [-0.25, -0.2) is 10.4 Å². The van der Waals surface area contributed by atoms with Gasteiger partial charge in [0.1, 0.15) is 6.04 Å². The van der Waals surface area contributed by atoms with Gasteiger partial charge in [0.25, 0.3) is 0 Å². The van der Waals surface area contributed by atoms with Crippen LogP contribution in [-0.4, -0.2) is 41.3 Å². The van der Waals surface area contributed by atoms with Crippen LogP contribution in [0.25, 0.3) is 0 Å². The van der Waals surface area contributed by atoms with E-state index in [9.17, 15) is 9.59 Å². The number of nitrogens with zero attached hydrogens (tertiary/aromatic N) is 2. The van der Waals surface area contributed by atoms with E-state index in [0.29, 0.717) is 5.13 Å². The Kier molecular flexibility index (Phi) is 3.21. The molecule has 1 aromatic heterocycles. The summed E-state index contributed by atoms with van der Waals surface area (Å²) in [5.41, 5.74) is 6.15. The molecule has 2 aliphatic rings. The summed E-state index contributed by atoms with van der Waals surface area (Å²) in [6.07, 6.45) is 1.08. The minimum atomic E-state index is -0.517. The number of aromatic nitrogens is 1. The highest BCUT2D eigenvalue weighted by molar-refractivity contribution is 7.15. The zero-order chi connectivity index (χ0) is 13.4. The number of rotatable bonds is 2. The Labute approximate surface area is 114 Å². The number of hydrogen-bond acceptors (Lipinski definition) is 6. The maximum atomic E-state index is 11.9. The quantitative estimate of drug-likeness (QED) is 0.678. The van der Waals surface area contributed by atoms with E-state index in [-0.39, 0.29) is 18.2 Å². The molecule has 0 spiro atoms. The fourth-order valence-corrected chi connectivity index (χ4v) is 3.27. The molecule has 3 rings (SSSR count). The first-order valence-corrected chi connectivity index (χ1v) is 6.96. The summed E-state index contributed by atoms with van der Waals surface area (Å²) in [7, 11) is 2.07. The van der Waals surface area contributed by atoms with Crippen LogP contribution in [0.4, 0.5) is 5.13 Å². The minimum absolute atomic E-state index is 0.166. The molecule has 1 unspecified atom stereocenters. The van der Waals surface area contributed by atoms with E-state index in [1.807, 2.05) is 0 Å². The van der Waals surface area contributed by atoms with E-state index in [0.717, 1.165) is 25.2 Å². The Bertz CT molecular complexity index is 529. The number of nitrogens with one attached hydrogen (secondary N) is 3. The molecule has 0 saturated carbocycles. The number of carbonyl (C=O) groups excluding carboxylic acids is 2. The van der Waals surface area contributed by atoms with Crippen molar-refractivity contribution in [1.29, 1.82) is 0 Å². The minimum Gasteiger partial charge on any atom is -0.301 e. The van der Waals surface area contributed by atoms with Gasteiger partial charge in [0.05, 0.1) is 12.1 Å². The molecule has 7 nitrogen and oxygen atoms in total. The second kappa shape index (κ2) is 4.87. The molecule has 0 aromatic carbocycles. The van der Waals surface area contributed by atoms with E-state index in [1.165, 1.54) is 16.2 Å². The molecule has 1 atom stereocenters. The summed E-state index contributed by atoms with van der Waals surface area (Å²) < 4.78 is 0. The molecule has 19 heavy (non-hydrogen) atoms. The van der Waals surface area contributed by atoms with E-state index < -0.39 is 6.04 Å². The third-order valence-corrected chi connectivity index (χ3v) is 4.24. The molecule has 2 amide bonds. The van der Waals surface area contributed by atoms with Crippen LogP contribution in [0.15, 0.2) is 0 Å². The summed E-state index contributed by atoms with van der Waals surface area (Å²) in [5.74, 6) is -0.391. The highest BCUT2D eigenvalue weighted by Gasteiger charge is 2.28. The van der Waals surface area contributed by atoms with Gasteiger partial charge in [0.2, 0.25) is 11.8 Å². The summed E-state index contributed by atoms with van der Waals surface area (Å²) >= 11 is 1.51. The van der Waals surface area contributed by atoms with Crippen LogP contribution in [0.3, 0.4) is 0 Å². The molecule has 2 aliphatic heterocycles. The smallest absolute Gasteiger partial charge is 0.245 e. The van der Waals surface area contributed by atoms with Crippen LogP contribution in [0, 0.1) is 0 Å². The van der Waals surface area contributed by atoms with Crippen LogP contribution in [0.1, 0.15) is 17.0 Å². The van der Waals surface area contributed by atoms with Gasteiger partial charge in [-0.2, -0.15) is 0 Å². The zero-order valence-electron chi connectivity index (χ0n) is 10.5. The van der Waals surface area contributed by atoms with E-state index in [2.05, 4.69) is 33.1 Å². The van der Waals surface area contributed by atoms with Crippen molar-refractivity contribution >= 4 is 28.3 Å². The van der Waals surface area contributed by atoms with Gasteiger partial charge in [-0.15, -0.1) is 11.3 Å². The molecule has 0 aliphatic carbocycles. The standard InChI is InChI=1S/C11H15N5O2S/c1-16-3-2-6-8(5-16)19-11(12-6)13-10(18)7-4-9(17)15-14-7/h7,14H,2-5H2,1H3,(H,15,17)(H,12,13,18). The van der Waals surface area contributed by atoms with Crippen LogP contribution in [0.2, 0.25) is 0 Å². The fraction of sp³-hybridized carbons (Fsp3) is 0.545. The second-order valence-corrected chi connectivity index (χ2v) is 5.90. The van der Waals surface area contributed by atoms with Crippen molar-refractivity contribution in [2.75, 3.05) is 18.9 Å². The first-order valence-electron chi connectivity index (χ1n) is 6.14. The molecule has 8 heteroatoms. The topological polar surface area (TPSA) is 86.4 Å². The number of thiazole rings is 1. The molecule has 1 aromatic rings. The Balaban J connectivity index is 1.67. The molecular weight excluding hydrogens is 266 g/mol. The third kappa shape index (κ3) is 2.60. The maximum Gasteiger partial charge on any atom is 0.245 e. The van der Waals surface area contributed by atoms with Gasteiger partial charge < -0.3 is 10.2 Å². The fourth-order valence-electron chi connectivity index (χ4n) is 2.18. The van der Waals surface area contributed by atoms with Crippen molar-refractivity contribution in [3.8, 4) is 0 Å². The number of carbonyl (C=O) groups is 2. The lowest BCUT2D eigenvalue weighted by Crippen LogP contribution is -2.39. The van der Waals surface area contributed by atoms with E-state index in [4.69, 9.17) is 0 Å². The first-order chi connectivity index (χ1) is 9.11. The van der Waals surface area contributed by atoms with Crippen LogP contribution >= 0.6 is 11.3 Å². The van der Waals surface area contributed by atoms with Crippen LogP contribution < -0.4 is 16.2 Å². The molecule has 0 radical (unpaired) electrons. The average Bonchev–Trinajstić information content (AvgIpc) is 2.94. The normalized spacial score (nSPS) is 23.0. The maximum absolute atomic E-state index is 11.9. The van der Waals surface area contributed by atoms with Gasteiger partial charge in [0, 0.05) is 24.4 Å². The first kappa shape index (κ1) is 12.5. The lowest BCUT2D eigenvalue weighted by Gasteiger charge is -2.20. The van der Waals surface area contributed by atoms with Crippen LogP contribution in [-0.2, 0) is 22.6 Å². The summed E-state index contributed by atoms with van der Waals surface area (Å²) in [4.78, 5) is 30.8. The number of likely N-dealkylation sites (N-methyl/N-ethyl adjacent to an activating group) is 1. The van der Waals surface area contributed by atoms with Crippen molar-refractivity contribution in [2.45, 2.75) is 25.4 Å². The number of hydrogen-bond donors (Lipinski definition) is 3. The van der Waals surface area contributed by atoms with Gasteiger partial charge in [-0.05, 0) is 7.05 Å². The predicted octanol–water partition coefficient (Wildman–Crippen LogP) is -0.537. The number of anilines is 1. The summed E-state index contributed by atoms with van der Waals surface area (Å²) in [6, 6.07) is -0.517. The highest BCUT2D eigenvalue weighted by atomic mass is 32.1. The molecule has 1 saturated heterocycles. The van der Waals surface area contributed by atoms with Crippen LogP contribution in [0.5, 0.6) is 0 Å². The lowest BCUT2D eigenvalue weighted by atomic mass is 10.2. The van der Waals surface area contributed by atoms with Crippen molar-refractivity contribution in [3.05, 3.63) is 10.6 Å². The Hall–Kier alpha value is -1.51. The lowest BCUT2D eigenvalue weighted by molar-refractivity contribution is -0.121. The van der Waals surface area contributed by atoms with Gasteiger partial charge >= 0.3 is 0 Å². The van der Waals surface area contributed by atoms with Gasteiger partial charge in [-0.3, -0.25) is 15.0 Å². The van der Waals surface area contributed by atoms with Crippen molar-refractivity contribution in [1.82, 2.24) is 20.7 Å². The second-order valence-electron chi connectivity index (χ2n) is 4.82. The third-order valence-electron chi connectivity index (χ3n) is 3.24. The predicted molar refractivity (Wildman–Crippen MR) is 70.5 cm³/mol. The van der Waals surface area contributed by atoms with E-state index >= 15 is 0 Å². The van der Waals surface area contributed by atoms with Gasteiger partial charge in [-0.1, -0.05) is 0 Å². The highest BCUT2D eigenvalue weighted by Crippen LogP contribution is 2.27. The molecule has 0 bridgehead atoms. The summed E-state index contributed by atoms with van der Waals surface area (Å²) in [6.45, 7) is 1.87. The molecule has 1 fully saturated rings. The zero-order valence-corrected chi connectivity index (χ0v) is 11.3. The largest absolute Gasteiger partial charge is 0.301 e. The number of amides is 2. The molecule has 3 heterocycles. The van der Waals surface area contributed by atoms with Gasteiger partial charge in [0.15, 0.2) is 5.13 Å². The molecule has 3 N–H and O–H groups in total. The Morgan fingerprint density at radius 3 is 3.16 bits per heavy atom. The molecular formula is C11H15N5O2S. The Morgan fingerprint density at radius 1 is 1.58 bits per heavy atom. The summed E-state index contributed by atoms with van der Waals surface area (Å²) in [5, 5.41) is 3.39. The monoisotopic (exact) mass is 281 g/mol. The Morgan fingerprint density at radius 2 is 2.42 bits per heavy atom. The van der Waals surface area contributed by atoms with Crippen molar-refractivity contribution in [3.63, 3.8) is 0 Å². The SMILES string of the molecule is CN1CCc2nc(NC(=O)C3CC(=O)NN3)sc2C1. The average molecular weight is 281 g/mol. The number of hydrazine groups is 1. The van der Waals surface area contributed by atoms with Crippen molar-refractivity contribution in [2.24, 2.45) is 0 Å². The number of fused-ring (bicyclic) bond motifs is 1. The van der Waals surface area contributed by atoms with E-state index in [1.54, 1.807) is 0 Å². The molecule has 102 valence electrons. The van der Waals surface area contributed by atoms with Crippen molar-refractivity contribution < 1.29 is 9.59 Å².